The summed E-state index contributed by atoms with van der Waals surface area (Å²) in [7, 11) is 0. The van der Waals surface area contributed by atoms with Crippen LogP contribution in [0.25, 0.3) is 16.7 Å². The quantitative estimate of drug-likeness (QED) is 0.716. The number of carbonyl (C=O) groups is 1. The van der Waals surface area contributed by atoms with Gasteiger partial charge >= 0.3 is 0 Å². The number of aliphatic imine (C=N–C) groups is 1. The zero-order valence-corrected chi connectivity index (χ0v) is 13.0. The summed E-state index contributed by atoms with van der Waals surface area (Å²) in [6, 6.07) is 15.2. The van der Waals surface area contributed by atoms with Gasteiger partial charge in [-0.15, -0.1) is 0 Å². The number of fused-ring (bicyclic) bond motifs is 2. The number of para-hydroxylation sites is 1. The summed E-state index contributed by atoms with van der Waals surface area (Å²) >= 11 is 0. The third-order valence-electron chi connectivity index (χ3n) is 4.33. The summed E-state index contributed by atoms with van der Waals surface area (Å²) in [5.41, 5.74) is 3.70. The minimum absolute atomic E-state index is 0.0199. The van der Waals surface area contributed by atoms with Crippen LogP contribution in [0.15, 0.2) is 65.3 Å². The van der Waals surface area contributed by atoms with E-state index in [4.69, 9.17) is 0 Å². The van der Waals surface area contributed by atoms with Gasteiger partial charge in [-0.25, -0.2) is 0 Å². The van der Waals surface area contributed by atoms with Crippen LogP contribution in [0, 0.1) is 0 Å². The highest BCUT2D eigenvalue weighted by molar-refractivity contribution is 6.30. The largest absolute Gasteiger partial charge is 0.506 e. The van der Waals surface area contributed by atoms with Crippen molar-refractivity contribution in [1.29, 1.82) is 0 Å². The molecule has 0 saturated carbocycles. The van der Waals surface area contributed by atoms with Gasteiger partial charge in [-0.05, 0) is 18.1 Å². The summed E-state index contributed by atoms with van der Waals surface area (Å²) in [6.45, 7) is 0.558. The Labute approximate surface area is 139 Å². The molecule has 1 heterocycles. The van der Waals surface area contributed by atoms with Gasteiger partial charge in [0, 0.05) is 41.0 Å². The van der Waals surface area contributed by atoms with Crippen LogP contribution in [0.5, 0.6) is 0 Å². The van der Waals surface area contributed by atoms with Gasteiger partial charge in [0.2, 0.25) is 0 Å². The Kier molecular flexibility index (Phi) is 3.50. The Morgan fingerprint density at radius 1 is 1.04 bits per heavy atom. The molecule has 1 aliphatic carbocycles. The second-order valence-electron chi connectivity index (χ2n) is 5.78. The molecule has 0 unspecified atom stereocenters. The van der Waals surface area contributed by atoms with Crippen molar-refractivity contribution in [2.75, 3.05) is 6.54 Å². The van der Waals surface area contributed by atoms with Crippen molar-refractivity contribution < 1.29 is 9.90 Å². The number of hydrogen-bond acceptors (Lipinski definition) is 3. The molecule has 24 heavy (non-hydrogen) atoms. The maximum atomic E-state index is 12.3. The zero-order valence-electron chi connectivity index (χ0n) is 13.0. The number of H-pyrrole nitrogens is 1. The van der Waals surface area contributed by atoms with E-state index in [0.717, 1.165) is 11.9 Å². The number of aromatic amines is 1. The molecule has 0 spiro atoms. The SMILES string of the molecule is O=C1C(C=NCCc2c[nH]c3ccccc23)=C(O)c2ccccc21. The standard InChI is InChI=1S/C20H16N2O2/c23-19-15-6-1-2-7-16(15)20(24)17(19)12-21-10-9-13-11-22-18-8-4-3-5-14(13)18/h1-8,11-12,22-23H,9-10H2. The lowest BCUT2D eigenvalue weighted by Crippen LogP contribution is -2.00. The smallest absolute Gasteiger partial charge is 0.199 e. The highest BCUT2D eigenvalue weighted by atomic mass is 16.3. The highest BCUT2D eigenvalue weighted by Crippen LogP contribution is 2.29. The minimum Gasteiger partial charge on any atom is -0.506 e. The van der Waals surface area contributed by atoms with E-state index >= 15 is 0 Å². The van der Waals surface area contributed by atoms with E-state index in [1.54, 1.807) is 24.3 Å². The molecule has 0 fully saturated rings. The van der Waals surface area contributed by atoms with E-state index in [1.165, 1.54) is 17.2 Å². The van der Waals surface area contributed by atoms with Crippen LogP contribution in [-0.4, -0.2) is 28.6 Å². The predicted molar refractivity (Wildman–Crippen MR) is 95.7 cm³/mol. The van der Waals surface area contributed by atoms with Crippen LogP contribution < -0.4 is 0 Å². The molecule has 4 nitrogen and oxygen atoms in total. The first-order valence-corrected chi connectivity index (χ1v) is 7.88. The van der Waals surface area contributed by atoms with E-state index < -0.39 is 0 Å². The van der Waals surface area contributed by atoms with Gasteiger partial charge in [-0.1, -0.05) is 42.5 Å². The number of nitrogens with zero attached hydrogens (tertiary/aromatic N) is 1. The maximum absolute atomic E-state index is 12.3. The zero-order chi connectivity index (χ0) is 16.5. The number of ketones is 1. The molecule has 1 aliphatic rings. The fraction of sp³-hybridized carbons (Fsp3) is 0.100. The number of nitrogens with one attached hydrogen (secondary N) is 1. The third-order valence-corrected chi connectivity index (χ3v) is 4.33. The molecule has 0 saturated heterocycles. The van der Waals surface area contributed by atoms with Gasteiger partial charge in [0.15, 0.2) is 5.78 Å². The Balaban J connectivity index is 1.49. The number of aliphatic hydroxyl groups excluding tert-OH is 1. The predicted octanol–water partition coefficient (Wildman–Crippen LogP) is 3.95. The molecule has 2 aromatic carbocycles. The van der Waals surface area contributed by atoms with Crippen LogP contribution in [-0.2, 0) is 6.42 Å². The van der Waals surface area contributed by atoms with Crippen molar-refractivity contribution in [3.05, 3.63) is 77.0 Å². The average molecular weight is 316 g/mol. The van der Waals surface area contributed by atoms with Crippen molar-refractivity contribution in [2.24, 2.45) is 4.99 Å². The van der Waals surface area contributed by atoms with Gasteiger partial charge < -0.3 is 10.1 Å². The number of rotatable bonds is 4. The second kappa shape index (κ2) is 5.81. The Hall–Kier alpha value is -3.14. The summed E-state index contributed by atoms with van der Waals surface area (Å²) < 4.78 is 0. The first kappa shape index (κ1) is 14.5. The van der Waals surface area contributed by atoms with Gasteiger partial charge in [0.1, 0.15) is 5.76 Å². The molecule has 0 atom stereocenters. The van der Waals surface area contributed by atoms with Crippen molar-refractivity contribution in [3.8, 4) is 0 Å². The molecular formula is C20H16N2O2. The summed E-state index contributed by atoms with van der Waals surface area (Å²) in [4.78, 5) is 19.9. The van der Waals surface area contributed by atoms with E-state index in [-0.39, 0.29) is 17.1 Å². The Morgan fingerprint density at radius 3 is 2.62 bits per heavy atom. The van der Waals surface area contributed by atoms with E-state index in [9.17, 15) is 9.90 Å². The number of hydrogen-bond donors (Lipinski definition) is 2. The van der Waals surface area contributed by atoms with Crippen LogP contribution in [0.2, 0.25) is 0 Å². The lowest BCUT2D eigenvalue weighted by atomic mass is 10.1. The van der Waals surface area contributed by atoms with Crippen LogP contribution in [0.4, 0.5) is 0 Å². The number of aromatic nitrogens is 1. The fourth-order valence-corrected chi connectivity index (χ4v) is 3.08. The first-order valence-electron chi connectivity index (χ1n) is 7.88. The molecule has 0 aliphatic heterocycles. The molecule has 4 rings (SSSR count). The highest BCUT2D eigenvalue weighted by Gasteiger charge is 2.27. The number of allylic oxidation sites excluding steroid dienone is 1. The average Bonchev–Trinajstić information content (AvgIpc) is 3.13. The first-order chi connectivity index (χ1) is 11.8. The molecule has 0 radical (unpaired) electrons. The molecule has 118 valence electrons. The molecule has 4 heteroatoms. The Morgan fingerprint density at radius 2 is 1.79 bits per heavy atom. The lowest BCUT2D eigenvalue weighted by Gasteiger charge is -1.97. The van der Waals surface area contributed by atoms with E-state index in [1.807, 2.05) is 24.4 Å². The number of benzene rings is 2. The molecular weight excluding hydrogens is 300 g/mol. The maximum Gasteiger partial charge on any atom is 0.199 e. The van der Waals surface area contributed by atoms with Crippen LogP contribution >= 0.6 is 0 Å². The molecule has 3 aromatic rings. The normalized spacial score (nSPS) is 14.1. The molecule has 1 aromatic heterocycles. The van der Waals surface area contributed by atoms with Crippen LogP contribution in [0.1, 0.15) is 21.5 Å². The molecule has 0 bridgehead atoms. The Bertz CT molecular complexity index is 996. The summed E-state index contributed by atoms with van der Waals surface area (Å²) in [6.07, 6.45) is 4.26. The number of Topliss-reactive ketones (excluding diaryl/α,β-unsaturated/α-hetero) is 1. The summed E-state index contributed by atoms with van der Waals surface area (Å²) in [5, 5.41) is 11.4. The van der Waals surface area contributed by atoms with Crippen molar-refractivity contribution in [1.82, 2.24) is 4.98 Å². The van der Waals surface area contributed by atoms with Gasteiger partial charge in [-0.3, -0.25) is 9.79 Å². The monoisotopic (exact) mass is 316 g/mol. The third kappa shape index (κ3) is 2.33. The molecule has 2 N–H and O–H groups in total. The van der Waals surface area contributed by atoms with Crippen molar-refractivity contribution in [2.45, 2.75) is 6.42 Å². The van der Waals surface area contributed by atoms with Crippen molar-refractivity contribution >= 4 is 28.7 Å². The van der Waals surface area contributed by atoms with E-state index in [2.05, 4.69) is 16.0 Å². The van der Waals surface area contributed by atoms with Gasteiger partial charge in [0.05, 0.1) is 5.57 Å². The van der Waals surface area contributed by atoms with E-state index in [0.29, 0.717) is 17.7 Å². The number of carbonyl (C=O) groups excluding carboxylic acids is 1. The lowest BCUT2D eigenvalue weighted by molar-refractivity contribution is 0.104. The topological polar surface area (TPSA) is 65.5 Å². The molecule has 0 amide bonds. The van der Waals surface area contributed by atoms with Gasteiger partial charge in [0.25, 0.3) is 0 Å². The minimum atomic E-state index is -0.168. The number of aliphatic hydroxyl groups is 1. The van der Waals surface area contributed by atoms with Gasteiger partial charge in [-0.2, -0.15) is 0 Å². The van der Waals surface area contributed by atoms with Crippen molar-refractivity contribution in [3.63, 3.8) is 0 Å². The fourth-order valence-electron chi connectivity index (χ4n) is 3.08. The summed E-state index contributed by atoms with van der Waals surface area (Å²) in [5.74, 6) is -0.148. The second-order valence-corrected chi connectivity index (χ2v) is 5.78. The van der Waals surface area contributed by atoms with Crippen LogP contribution in [0.3, 0.4) is 0 Å².